The van der Waals surface area contributed by atoms with Crippen molar-refractivity contribution in [2.45, 2.75) is 26.4 Å². The predicted octanol–water partition coefficient (Wildman–Crippen LogP) is 3.43. The van der Waals surface area contributed by atoms with E-state index in [1.54, 1.807) is 11.3 Å². The molecular formula is C13H15NO3S2. The second kappa shape index (κ2) is 6.79. The van der Waals surface area contributed by atoms with Crippen LogP contribution >= 0.6 is 22.7 Å². The van der Waals surface area contributed by atoms with Crippen LogP contribution in [0, 0.1) is 0 Å². The molecule has 0 fully saturated rings. The molecule has 0 aromatic carbocycles. The third-order valence-electron chi connectivity index (χ3n) is 2.37. The van der Waals surface area contributed by atoms with Crippen molar-refractivity contribution in [2.75, 3.05) is 6.61 Å². The van der Waals surface area contributed by atoms with Gasteiger partial charge in [-0.1, -0.05) is 6.92 Å². The molecule has 2 aromatic rings. The van der Waals surface area contributed by atoms with E-state index in [1.165, 1.54) is 11.3 Å². The first-order chi connectivity index (χ1) is 9.19. The SMILES string of the molecule is CCCOCc1nc(-c2ccc(CC(=O)O)s2)cs1. The zero-order chi connectivity index (χ0) is 13.7. The molecule has 0 spiro atoms. The lowest BCUT2D eigenvalue weighted by molar-refractivity contribution is -0.136. The minimum Gasteiger partial charge on any atom is -0.481 e. The van der Waals surface area contributed by atoms with Gasteiger partial charge in [0, 0.05) is 16.9 Å². The zero-order valence-electron chi connectivity index (χ0n) is 10.6. The summed E-state index contributed by atoms with van der Waals surface area (Å²) in [6, 6.07) is 3.77. The smallest absolute Gasteiger partial charge is 0.308 e. The number of ether oxygens (including phenoxy) is 1. The van der Waals surface area contributed by atoms with Crippen LogP contribution in [0.4, 0.5) is 0 Å². The summed E-state index contributed by atoms with van der Waals surface area (Å²) in [5.41, 5.74) is 0.904. The number of carboxylic acids is 1. The summed E-state index contributed by atoms with van der Waals surface area (Å²) in [5, 5.41) is 11.7. The second-order valence-corrected chi connectivity index (χ2v) is 6.13. The maximum atomic E-state index is 10.6. The minimum absolute atomic E-state index is 0.0707. The largest absolute Gasteiger partial charge is 0.481 e. The standard InChI is InChI=1S/C13H15NO3S2/c1-2-5-17-7-12-14-10(8-18-12)11-4-3-9(19-11)6-13(15)16/h3-4,8H,2,5-7H2,1H3,(H,15,16). The predicted molar refractivity (Wildman–Crippen MR) is 76.7 cm³/mol. The van der Waals surface area contributed by atoms with Crippen molar-refractivity contribution in [3.63, 3.8) is 0 Å². The normalized spacial score (nSPS) is 10.8. The van der Waals surface area contributed by atoms with Crippen molar-refractivity contribution in [1.82, 2.24) is 4.98 Å². The Hall–Kier alpha value is -1.24. The molecule has 2 heterocycles. The number of thiophene rings is 1. The van der Waals surface area contributed by atoms with Crippen molar-refractivity contribution in [2.24, 2.45) is 0 Å². The molecule has 1 N–H and O–H groups in total. The zero-order valence-corrected chi connectivity index (χ0v) is 12.2. The van der Waals surface area contributed by atoms with Gasteiger partial charge in [-0.2, -0.15) is 0 Å². The first-order valence-electron chi connectivity index (χ1n) is 6.02. The molecule has 2 aromatic heterocycles. The van der Waals surface area contributed by atoms with Crippen LogP contribution in [0.3, 0.4) is 0 Å². The van der Waals surface area contributed by atoms with Crippen LogP contribution in [0.2, 0.25) is 0 Å². The van der Waals surface area contributed by atoms with Gasteiger partial charge in [-0.05, 0) is 18.6 Å². The lowest BCUT2D eigenvalue weighted by Gasteiger charge is -1.97. The van der Waals surface area contributed by atoms with Gasteiger partial charge in [0.25, 0.3) is 0 Å². The number of aromatic nitrogens is 1. The molecular weight excluding hydrogens is 282 g/mol. The summed E-state index contributed by atoms with van der Waals surface area (Å²) >= 11 is 3.05. The van der Waals surface area contributed by atoms with Crippen molar-refractivity contribution in [3.8, 4) is 10.6 Å². The summed E-state index contributed by atoms with van der Waals surface area (Å²) in [6.45, 7) is 3.37. The Morgan fingerprint density at radius 2 is 2.32 bits per heavy atom. The highest BCUT2D eigenvalue weighted by atomic mass is 32.1. The molecule has 0 amide bonds. The van der Waals surface area contributed by atoms with Crippen molar-refractivity contribution >= 4 is 28.6 Å². The number of hydrogen-bond donors (Lipinski definition) is 1. The quantitative estimate of drug-likeness (QED) is 0.795. The van der Waals surface area contributed by atoms with E-state index in [0.29, 0.717) is 6.61 Å². The highest BCUT2D eigenvalue weighted by Crippen LogP contribution is 2.29. The Bertz CT molecular complexity index is 548. The monoisotopic (exact) mass is 297 g/mol. The van der Waals surface area contributed by atoms with Gasteiger partial charge in [-0.3, -0.25) is 4.79 Å². The summed E-state index contributed by atoms with van der Waals surface area (Å²) in [6.07, 6.45) is 1.07. The number of thiazole rings is 1. The molecule has 0 bridgehead atoms. The summed E-state index contributed by atoms with van der Waals surface area (Å²) < 4.78 is 5.45. The number of hydrogen-bond acceptors (Lipinski definition) is 5. The van der Waals surface area contributed by atoms with E-state index in [2.05, 4.69) is 11.9 Å². The van der Waals surface area contributed by atoms with Crippen LogP contribution in [0.15, 0.2) is 17.5 Å². The van der Waals surface area contributed by atoms with Crippen LogP contribution in [-0.4, -0.2) is 22.7 Å². The third kappa shape index (κ3) is 4.12. The number of nitrogens with zero attached hydrogens (tertiary/aromatic N) is 1. The lowest BCUT2D eigenvalue weighted by Crippen LogP contribution is -1.96. The van der Waals surface area contributed by atoms with Crippen LogP contribution in [0.5, 0.6) is 0 Å². The van der Waals surface area contributed by atoms with Crippen LogP contribution in [-0.2, 0) is 22.6 Å². The average Bonchev–Trinajstić information content (AvgIpc) is 2.97. The number of carboxylic acid groups (broad SMARTS) is 1. The molecule has 0 radical (unpaired) electrons. The summed E-state index contributed by atoms with van der Waals surface area (Å²) in [5.74, 6) is -0.805. The van der Waals surface area contributed by atoms with E-state index in [-0.39, 0.29) is 6.42 Å². The first kappa shape index (κ1) is 14.2. The molecule has 6 heteroatoms. The Kier molecular flexibility index (Phi) is 5.07. The summed E-state index contributed by atoms with van der Waals surface area (Å²) in [4.78, 5) is 17.0. The van der Waals surface area contributed by atoms with E-state index >= 15 is 0 Å². The molecule has 0 atom stereocenters. The fourth-order valence-corrected chi connectivity index (χ4v) is 3.32. The Morgan fingerprint density at radius 3 is 3.05 bits per heavy atom. The van der Waals surface area contributed by atoms with E-state index in [4.69, 9.17) is 9.84 Å². The van der Waals surface area contributed by atoms with Crippen molar-refractivity contribution in [1.29, 1.82) is 0 Å². The van der Waals surface area contributed by atoms with Gasteiger partial charge in [0.05, 0.1) is 23.6 Å². The second-order valence-electron chi connectivity index (χ2n) is 4.02. The highest BCUT2D eigenvalue weighted by Gasteiger charge is 2.09. The number of aliphatic carboxylic acids is 1. The number of rotatable bonds is 7. The van der Waals surface area contributed by atoms with E-state index in [0.717, 1.165) is 33.5 Å². The van der Waals surface area contributed by atoms with E-state index in [9.17, 15) is 4.79 Å². The van der Waals surface area contributed by atoms with Gasteiger partial charge in [-0.25, -0.2) is 4.98 Å². The Labute approximate surface area is 119 Å². The van der Waals surface area contributed by atoms with Gasteiger partial charge in [-0.15, -0.1) is 22.7 Å². The van der Waals surface area contributed by atoms with Crippen molar-refractivity contribution < 1.29 is 14.6 Å². The average molecular weight is 297 g/mol. The molecule has 0 aliphatic rings. The molecule has 0 unspecified atom stereocenters. The third-order valence-corrected chi connectivity index (χ3v) is 4.30. The van der Waals surface area contributed by atoms with Gasteiger partial charge in [0.1, 0.15) is 5.01 Å². The molecule has 102 valence electrons. The molecule has 0 aliphatic heterocycles. The number of carbonyl (C=O) groups is 1. The van der Waals surface area contributed by atoms with Crippen molar-refractivity contribution in [3.05, 3.63) is 27.4 Å². The highest BCUT2D eigenvalue weighted by molar-refractivity contribution is 7.16. The van der Waals surface area contributed by atoms with Gasteiger partial charge >= 0.3 is 5.97 Å². The Morgan fingerprint density at radius 1 is 1.47 bits per heavy atom. The van der Waals surface area contributed by atoms with E-state index < -0.39 is 5.97 Å². The molecule has 0 saturated carbocycles. The summed E-state index contributed by atoms with van der Waals surface area (Å²) in [7, 11) is 0. The van der Waals surface area contributed by atoms with Gasteiger partial charge < -0.3 is 9.84 Å². The topological polar surface area (TPSA) is 59.4 Å². The molecule has 0 saturated heterocycles. The fourth-order valence-electron chi connectivity index (χ4n) is 1.55. The van der Waals surface area contributed by atoms with Crippen LogP contribution in [0.25, 0.3) is 10.6 Å². The maximum Gasteiger partial charge on any atom is 0.308 e. The fraction of sp³-hybridized carbons (Fsp3) is 0.385. The molecule has 0 aliphatic carbocycles. The van der Waals surface area contributed by atoms with Crippen LogP contribution < -0.4 is 0 Å². The van der Waals surface area contributed by atoms with Crippen LogP contribution in [0.1, 0.15) is 23.2 Å². The minimum atomic E-state index is -0.805. The maximum absolute atomic E-state index is 10.6. The Balaban J connectivity index is 2.01. The van der Waals surface area contributed by atoms with Gasteiger partial charge in [0.15, 0.2) is 0 Å². The molecule has 2 rings (SSSR count). The molecule has 19 heavy (non-hydrogen) atoms. The first-order valence-corrected chi connectivity index (χ1v) is 7.71. The molecule has 4 nitrogen and oxygen atoms in total. The lowest BCUT2D eigenvalue weighted by atomic mass is 10.3. The van der Waals surface area contributed by atoms with Gasteiger partial charge in [0.2, 0.25) is 0 Å². The van der Waals surface area contributed by atoms with E-state index in [1.807, 2.05) is 17.5 Å².